The summed E-state index contributed by atoms with van der Waals surface area (Å²) in [6.45, 7) is 23.9. The SMILES string of the molecule is CCC.c1cc(CN2CCCNCCNCCCNCC2)ccc1CN1CCCNCCNCCCNCC1. The molecule has 0 saturated carbocycles. The molecule has 2 saturated heterocycles. The van der Waals surface area contributed by atoms with Crippen molar-refractivity contribution >= 4 is 0 Å². The van der Waals surface area contributed by atoms with Crippen LogP contribution in [-0.4, -0.2) is 115 Å². The second kappa shape index (κ2) is 24.7. The molecule has 0 unspecified atom stereocenters. The van der Waals surface area contributed by atoms with Crippen molar-refractivity contribution in [3.05, 3.63) is 35.4 Å². The molecule has 8 heteroatoms. The summed E-state index contributed by atoms with van der Waals surface area (Å²) in [6.07, 6.45) is 6.05. The maximum absolute atomic E-state index is 3.63. The molecule has 3 rings (SSSR count). The van der Waals surface area contributed by atoms with E-state index in [2.05, 4.69) is 79.8 Å². The Hall–Kier alpha value is -1.10. The molecule has 2 heterocycles. The molecule has 2 fully saturated rings. The number of hydrogen-bond donors (Lipinski definition) is 6. The van der Waals surface area contributed by atoms with Gasteiger partial charge in [-0.05, 0) is 89.2 Å². The highest BCUT2D eigenvalue weighted by Crippen LogP contribution is 2.11. The molecule has 0 aliphatic carbocycles. The van der Waals surface area contributed by atoms with E-state index >= 15 is 0 Å². The van der Waals surface area contributed by atoms with Crippen molar-refractivity contribution in [2.24, 2.45) is 0 Å². The van der Waals surface area contributed by atoms with E-state index in [1.807, 2.05) is 0 Å². The predicted octanol–water partition coefficient (Wildman–Crippen LogP) is 1.83. The van der Waals surface area contributed by atoms with Gasteiger partial charge in [-0.2, -0.15) is 0 Å². The second-order valence-corrected chi connectivity index (χ2v) is 11.0. The number of rotatable bonds is 4. The van der Waals surface area contributed by atoms with Gasteiger partial charge in [0.05, 0.1) is 0 Å². The van der Waals surface area contributed by atoms with Crippen LogP contribution >= 0.6 is 0 Å². The van der Waals surface area contributed by atoms with Crippen molar-refractivity contribution in [1.29, 1.82) is 0 Å². The maximum atomic E-state index is 3.63. The van der Waals surface area contributed by atoms with Crippen LogP contribution in [0.25, 0.3) is 0 Å². The highest BCUT2D eigenvalue weighted by molar-refractivity contribution is 5.22. The first-order chi connectivity index (χ1) is 19.3. The van der Waals surface area contributed by atoms with Crippen molar-refractivity contribution in [2.45, 2.75) is 59.0 Å². The van der Waals surface area contributed by atoms with Gasteiger partial charge in [0.2, 0.25) is 0 Å². The molecule has 39 heavy (non-hydrogen) atoms. The van der Waals surface area contributed by atoms with Gasteiger partial charge in [0.15, 0.2) is 0 Å². The van der Waals surface area contributed by atoms with Gasteiger partial charge in [-0.1, -0.05) is 44.5 Å². The third-order valence-corrected chi connectivity index (χ3v) is 7.07. The Bertz CT molecular complexity index is 573. The van der Waals surface area contributed by atoms with Gasteiger partial charge in [-0.15, -0.1) is 0 Å². The van der Waals surface area contributed by atoms with Crippen LogP contribution in [0.2, 0.25) is 0 Å². The predicted molar refractivity (Wildman–Crippen MR) is 169 cm³/mol. The molecule has 8 nitrogen and oxygen atoms in total. The molecular weight excluding hydrogens is 484 g/mol. The Kier molecular flexibility index (Phi) is 21.6. The van der Waals surface area contributed by atoms with E-state index in [0.29, 0.717) is 0 Å². The van der Waals surface area contributed by atoms with Crippen LogP contribution in [0.5, 0.6) is 0 Å². The smallest absolute Gasteiger partial charge is 0.0234 e. The lowest BCUT2D eigenvalue weighted by molar-refractivity contribution is 0.258. The van der Waals surface area contributed by atoms with Crippen molar-refractivity contribution in [3.8, 4) is 0 Å². The van der Waals surface area contributed by atoms with E-state index < -0.39 is 0 Å². The molecule has 1 aromatic carbocycles. The van der Waals surface area contributed by atoms with Crippen molar-refractivity contribution < 1.29 is 0 Å². The topological polar surface area (TPSA) is 78.7 Å². The first-order valence-electron chi connectivity index (χ1n) is 16.1. The minimum absolute atomic E-state index is 1.04. The highest BCUT2D eigenvalue weighted by atomic mass is 15.1. The maximum Gasteiger partial charge on any atom is 0.0234 e. The second-order valence-electron chi connectivity index (χ2n) is 11.0. The number of benzene rings is 1. The fourth-order valence-electron chi connectivity index (χ4n) is 4.92. The molecule has 0 atom stereocenters. The summed E-state index contributed by atoms with van der Waals surface area (Å²) in [6, 6.07) is 9.42. The van der Waals surface area contributed by atoms with E-state index in [-0.39, 0.29) is 0 Å². The molecule has 226 valence electrons. The minimum Gasteiger partial charge on any atom is -0.315 e. The summed E-state index contributed by atoms with van der Waals surface area (Å²) in [5, 5.41) is 21.4. The minimum atomic E-state index is 1.04. The molecule has 0 aromatic heterocycles. The Balaban J connectivity index is 0.00000170. The van der Waals surface area contributed by atoms with Crippen LogP contribution in [0.15, 0.2) is 24.3 Å². The zero-order valence-corrected chi connectivity index (χ0v) is 25.5. The van der Waals surface area contributed by atoms with Gasteiger partial charge in [-0.3, -0.25) is 9.80 Å². The molecule has 0 spiro atoms. The lowest BCUT2D eigenvalue weighted by atomic mass is 10.1. The average molecular weight is 547 g/mol. The van der Waals surface area contributed by atoms with E-state index in [4.69, 9.17) is 0 Å². The first-order valence-corrected chi connectivity index (χ1v) is 16.1. The normalized spacial score (nSPS) is 21.6. The molecule has 0 bridgehead atoms. The molecular formula is C31H62N8. The van der Waals surface area contributed by atoms with Crippen LogP contribution in [0.1, 0.15) is 57.1 Å². The number of nitrogens with zero attached hydrogens (tertiary/aromatic N) is 2. The first kappa shape index (κ1) is 34.1. The molecule has 2 aliphatic rings. The van der Waals surface area contributed by atoms with Gasteiger partial charge in [0.25, 0.3) is 0 Å². The summed E-state index contributed by atoms with van der Waals surface area (Å²) < 4.78 is 0. The summed E-state index contributed by atoms with van der Waals surface area (Å²) in [7, 11) is 0. The van der Waals surface area contributed by atoms with Crippen LogP contribution in [0, 0.1) is 0 Å². The largest absolute Gasteiger partial charge is 0.315 e. The monoisotopic (exact) mass is 547 g/mol. The van der Waals surface area contributed by atoms with Crippen LogP contribution < -0.4 is 31.9 Å². The Morgan fingerprint density at radius 3 is 1.10 bits per heavy atom. The van der Waals surface area contributed by atoms with Gasteiger partial charge in [-0.25, -0.2) is 0 Å². The highest BCUT2D eigenvalue weighted by Gasteiger charge is 2.09. The van der Waals surface area contributed by atoms with E-state index in [9.17, 15) is 0 Å². The molecule has 0 radical (unpaired) electrons. The third kappa shape index (κ3) is 18.8. The van der Waals surface area contributed by atoms with E-state index in [1.54, 1.807) is 0 Å². The summed E-state index contributed by atoms with van der Waals surface area (Å²) in [5.41, 5.74) is 2.86. The van der Waals surface area contributed by atoms with Gasteiger partial charge < -0.3 is 31.9 Å². The van der Waals surface area contributed by atoms with E-state index in [0.717, 1.165) is 118 Å². The van der Waals surface area contributed by atoms with Crippen molar-refractivity contribution in [1.82, 2.24) is 41.7 Å². The summed E-state index contributed by atoms with van der Waals surface area (Å²) >= 11 is 0. The molecule has 2 aliphatic heterocycles. The Morgan fingerprint density at radius 1 is 0.436 bits per heavy atom. The van der Waals surface area contributed by atoms with E-state index in [1.165, 1.54) is 43.2 Å². The molecule has 0 amide bonds. The average Bonchev–Trinajstić information content (AvgIpc) is 2.94. The fourth-order valence-corrected chi connectivity index (χ4v) is 4.92. The summed E-state index contributed by atoms with van der Waals surface area (Å²) in [5.74, 6) is 0. The zero-order chi connectivity index (χ0) is 27.6. The lowest BCUT2D eigenvalue weighted by Gasteiger charge is -2.24. The number of nitrogens with one attached hydrogen (secondary N) is 6. The lowest BCUT2D eigenvalue weighted by Crippen LogP contribution is -2.36. The fraction of sp³-hybridized carbons (Fsp3) is 0.806. The Morgan fingerprint density at radius 2 is 0.744 bits per heavy atom. The standard InChI is InChI=1S/C28H54N8.C3H8/c1-9-29-15-17-31-13-3-21-35(23-19-33-11-1)25-27-5-7-28(8-6-27)26-36-22-4-14-32-18-16-30-10-2-12-34-20-24-36;1-3-2/h5-8,29-34H,1-4,9-26H2;3H2,1-2H3. The van der Waals surface area contributed by atoms with Gasteiger partial charge in [0.1, 0.15) is 0 Å². The van der Waals surface area contributed by atoms with Crippen molar-refractivity contribution in [2.75, 3.05) is 105 Å². The van der Waals surface area contributed by atoms with Gasteiger partial charge >= 0.3 is 0 Å². The summed E-state index contributed by atoms with van der Waals surface area (Å²) in [4.78, 5) is 5.23. The van der Waals surface area contributed by atoms with Crippen LogP contribution in [0.4, 0.5) is 0 Å². The van der Waals surface area contributed by atoms with Crippen molar-refractivity contribution in [3.63, 3.8) is 0 Å². The molecule has 1 aromatic rings. The number of hydrogen-bond acceptors (Lipinski definition) is 8. The van der Waals surface area contributed by atoms with Crippen LogP contribution in [-0.2, 0) is 13.1 Å². The Labute approximate surface area is 240 Å². The third-order valence-electron chi connectivity index (χ3n) is 7.07. The van der Waals surface area contributed by atoms with Crippen LogP contribution in [0.3, 0.4) is 0 Å². The van der Waals surface area contributed by atoms with Gasteiger partial charge in [0, 0.05) is 65.4 Å². The zero-order valence-electron chi connectivity index (χ0n) is 25.5. The molecule has 6 N–H and O–H groups in total. The quantitative estimate of drug-likeness (QED) is 0.342.